The minimum absolute atomic E-state index is 0.369. The second-order valence-corrected chi connectivity index (χ2v) is 8.12. The zero-order chi connectivity index (χ0) is 16.4. The van der Waals surface area contributed by atoms with Gasteiger partial charge in [0.2, 0.25) is 0 Å². The van der Waals surface area contributed by atoms with E-state index in [1.54, 1.807) is 0 Å². The predicted molar refractivity (Wildman–Crippen MR) is 98.1 cm³/mol. The zero-order valence-electron chi connectivity index (χ0n) is 14.5. The van der Waals surface area contributed by atoms with Crippen LogP contribution in [0.1, 0.15) is 32.3 Å². The number of aromatic nitrogens is 1. The zero-order valence-corrected chi connectivity index (χ0v) is 16.1. The third kappa shape index (κ3) is 4.46. The van der Waals surface area contributed by atoms with Gasteiger partial charge in [0.05, 0.1) is 12.2 Å². The summed E-state index contributed by atoms with van der Waals surface area (Å²) < 4.78 is 6.90. The third-order valence-corrected chi connectivity index (χ3v) is 5.38. The number of halogens is 1. The molecule has 0 amide bonds. The Labute approximate surface area is 148 Å². The van der Waals surface area contributed by atoms with Crippen molar-refractivity contribution in [1.82, 2.24) is 9.88 Å². The van der Waals surface area contributed by atoms with Gasteiger partial charge in [0.15, 0.2) is 0 Å². The summed E-state index contributed by atoms with van der Waals surface area (Å²) in [7, 11) is 0. The molecule has 1 aromatic heterocycles. The number of ether oxygens (including phenoxy) is 1. The molecule has 0 bridgehead atoms. The van der Waals surface area contributed by atoms with Gasteiger partial charge in [0.1, 0.15) is 5.82 Å². The Hall–Kier alpha value is -0.650. The van der Waals surface area contributed by atoms with Crippen molar-refractivity contribution >= 4 is 21.7 Å². The van der Waals surface area contributed by atoms with Crippen LogP contribution in [0.25, 0.3) is 0 Å². The van der Waals surface area contributed by atoms with Crippen molar-refractivity contribution in [2.75, 3.05) is 37.6 Å². The van der Waals surface area contributed by atoms with E-state index in [-0.39, 0.29) is 0 Å². The van der Waals surface area contributed by atoms with E-state index >= 15 is 0 Å². The van der Waals surface area contributed by atoms with Crippen LogP contribution in [0.2, 0.25) is 0 Å². The number of aryl methyl sites for hydroxylation is 1. The lowest BCUT2D eigenvalue weighted by molar-refractivity contribution is -0.0720. The molecule has 2 aliphatic heterocycles. The highest BCUT2D eigenvalue weighted by Gasteiger charge is 2.27. The second kappa shape index (κ2) is 7.49. The highest BCUT2D eigenvalue weighted by molar-refractivity contribution is 9.10. The van der Waals surface area contributed by atoms with Gasteiger partial charge in [-0.15, -0.1) is 0 Å². The van der Waals surface area contributed by atoms with Gasteiger partial charge in [0.25, 0.3) is 0 Å². The van der Waals surface area contributed by atoms with Crippen molar-refractivity contribution in [2.24, 2.45) is 5.92 Å². The smallest absolute Gasteiger partial charge is 0.131 e. The lowest BCUT2D eigenvalue weighted by atomic mass is 9.95. The van der Waals surface area contributed by atoms with E-state index in [2.05, 4.69) is 57.6 Å². The number of anilines is 1. The van der Waals surface area contributed by atoms with Crippen molar-refractivity contribution in [2.45, 2.75) is 45.8 Å². The molecule has 2 atom stereocenters. The van der Waals surface area contributed by atoms with Crippen LogP contribution in [0, 0.1) is 12.8 Å². The number of morpholine rings is 1. The van der Waals surface area contributed by atoms with E-state index in [1.165, 1.54) is 24.9 Å². The Kier molecular flexibility index (Phi) is 5.60. The lowest BCUT2D eigenvalue weighted by Crippen LogP contribution is -2.48. The first-order chi connectivity index (χ1) is 11.0. The quantitative estimate of drug-likeness (QED) is 0.801. The Balaban J connectivity index is 1.52. The molecule has 0 aliphatic carbocycles. The van der Waals surface area contributed by atoms with E-state index in [4.69, 9.17) is 4.74 Å². The largest absolute Gasteiger partial charge is 0.373 e. The number of rotatable bonds is 3. The van der Waals surface area contributed by atoms with E-state index in [0.29, 0.717) is 12.2 Å². The molecule has 2 fully saturated rings. The van der Waals surface area contributed by atoms with E-state index in [1.807, 2.05) is 6.20 Å². The van der Waals surface area contributed by atoms with Gasteiger partial charge in [-0.25, -0.2) is 4.98 Å². The molecule has 4 nitrogen and oxygen atoms in total. The lowest BCUT2D eigenvalue weighted by Gasteiger charge is -2.40. The van der Waals surface area contributed by atoms with Crippen molar-refractivity contribution in [3.05, 3.63) is 22.3 Å². The summed E-state index contributed by atoms with van der Waals surface area (Å²) in [6.07, 6.45) is 5.17. The van der Waals surface area contributed by atoms with Crippen LogP contribution in [-0.4, -0.2) is 54.8 Å². The Bertz CT molecular complexity index is 521. The summed E-state index contributed by atoms with van der Waals surface area (Å²) in [6.45, 7) is 12.1. The fourth-order valence-electron chi connectivity index (χ4n) is 3.99. The molecule has 3 heterocycles. The van der Waals surface area contributed by atoms with Crippen LogP contribution in [0.4, 0.5) is 5.82 Å². The molecule has 0 radical (unpaired) electrons. The molecule has 23 heavy (non-hydrogen) atoms. The van der Waals surface area contributed by atoms with Crippen molar-refractivity contribution < 1.29 is 4.74 Å². The molecule has 3 rings (SSSR count). The summed E-state index contributed by atoms with van der Waals surface area (Å²) in [4.78, 5) is 9.66. The van der Waals surface area contributed by atoms with E-state index < -0.39 is 0 Å². The number of nitrogens with zero attached hydrogens (tertiary/aromatic N) is 3. The summed E-state index contributed by atoms with van der Waals surface area (Å²) in [5.74, 6) is 1.96. The number of hydrogen-bond donors (Lipinski definition) is 0. The van der Waals surface area contributed by atoms with E-state index in [0.717, 1.165) is 42.4 Å². The molecule has 2 unspecified atom stereocenters. The molecular formula is C18H28BrN3O. The molecule has 5 heteroatoms. The average molecular weight is 382 g/mol. The molecule has 2 aliphatic rings. The standard InChI is InChI=1S/C18H28BrN3O/c1-13-8-17(19)9-20-18(13)22-6-4-16(5-7-22)12-21-10-14(2)23-15(3)11-21/h8-9,14-16H,4-7,10-12H2,1-3H3. The van der Waals surface area contributed by atoms with E-state index in [9.17, 15) is 0 Å². The minimum atomic E-state index is 0.369. The normalized spacial score (nSPS) is 27.4. The van der Waals surface area contributed by atoms with Gasteiger partial charge in [0, 0.05) is 43.4 Å². The van der Waals surface area contributed by atoms with Gasteiger partial charge < -0.3 is 9.64 Å². The molecule has 0 N–H and O–H groups in total. The highest BCUT2D eigenvalue weighted by atomic mass is 79.9. The first kappa shape index (κ1) is 17.2. The third-order valence-electron chi connectivity index (χ3n) is 4.94. The molecule has 2 saturated heterocycles. The van der Waals surface area contributed by atoms with Crippen LogP contribution < -0.4 is 4.90 Å². The van der Waals surface area contributed by atoms with Crippen LogP contribution in [0.5, 0.6) is 0 Å². The monoisotopic (exact) mass is 381 g/mol. The van der Waals surface area contributed by atoms with Gasteiger partial charge in [-0.1, -0.05) is 0 Å². The predicted octanol–water partition coefficient (Wildman–Crippen LogP) is 3.48. The number of piperidine rings is 1. The maximum atomic E-state index is 5.84. The molecule has 0 saturated carbocycles. The molecule has 0 aromatic carbocycles. The van der Waals surface area contributed by atoms with Crippen LogP contribution in [0.3, 0.4) is 0 Å². The van der Waals surface area contributed by atoms with Crippen LogP contribution in [0.15, 0.2) is 16.7 Å². The van der Waals surface area contributed by atoms with Gasteiger partial charge in [-0.3, -0.25) is 4.90 Å². The van der Waals surface area contributed by atoms with Crippen LogP contribution in [-0.2, 0) is 4.74 Å². The van der Waals surface area contributed by atoms with Gasteiger partial charge in [-0.2, -0.15) is 0 Å². The molecular weight excluding hydrogens is 354 g/mol. The van der Waals surface area contributed by atoms with Crippen molar-refractivity contribution in [3.63, 3.8) is 0 Å². The SMILES string of the molecule is Cc1cc(Br)cnc1N1CCC(CN2CC(C)OC(C)C2)CC1. The average Bonchev–Trinajstić information content (AvgIpc) is 2.47. The first-order valence-corrected chi connectivity index (χ1v) is 9.55. The molecule has 128 valence electrons. The fraction of sp³-hybridized carbons (Fsp3) is 0.722. The molecule has 1 aromatic rings. The summed E-state index contributed by atoms with van der Waals surface area (Å²) in [5, 5.41) is 0. The summed E-state index contributed by atoms with van der Waals surface area (Å²) >= 11 is 3.50. The summed E-state index contributed by atoms with van der Waals surface area (Å²) in [5.41, 5.74) is 1.26. The van der Waals surface area contributed by atoms with Crippen molar-refractivity contribution in [3.8, 4) is 0 Å². The van der Waals surface area contributed by atoms with Crippen LogP contribution >= 0.6 is 15.9 Å². The number of hydrogen-bond acceptors (Lipinski definition) is 4. The molecule has 0 spiro atoms. The Morgan fingerprint density at radius 3 is 2.48 bits per heavy atom. The first-order valence-electron chi connectivity index (χ1n) is 8.76. The van der Waals surface area contributed by atoms with Crippen molar-refractivity contribution in [1.29, 1.82) is 0 Å². The fourth-order valence-corrected chi connectivity index (χ4v) is 4.44. The Morgan fingerprint density at radius 1 is 1.22 bits per heavy atom. The maximum Gasteiger partial charge on any atom is 0.131 e. The Morgan fingerprint density at radius 2 is 1.87 bits per heavy atom. The second-order valence-electron chi connectivity index (χ2n) is 7.20. The maximum absolute atomic E-state index is 5.84. The van der Waals surface area contributed by atoms with Gasteiger partial charge >= 0.3 is 0 Å². The highest BCUT2D eigenvalue weighted by Crippen LogP contribution is 2.27. The number of pyridine rings is 1. The van der Waals surface area contributed by atoms with Gasteiger partial charge in [-0.05, 0) is 67.1 Å². The minimum Gasteiger partial charge on any atom is -0.373 e. The topological polar surface area (TPSA) is 28.6 Å². The summed E-state index contributed by atoms with van der Waals surface area (Å²) in [6, 6.07) is 2.16.